The van der Waals surface area contributed by atoms with E-state index in [4.69, 9.17) is 5.73 Å². The SMILES string of the molecule is CN=C(NCC(Cc1ccc(F)cc1)C(N)=O)NC1CC(C)N(Cc2ccccc2)C1. The van der Waals surface area contributed by atoms with E-state index in [1.165, 1.54) is 17.7 Å². The van der Waals surface area contributed by atoms with Gasteiger partial charge in [-0.2, -0.15) is 0 Å². The predicted octanol–water partition coefficient (Wildman–Crippen LogP) is 2.30. The van der Waals surface area contributed by atoms with Gasteiger partial charge in [-0.05, 0) is 43.0 Å². The lowest BCUT2D eigenvalue weighted by Gasteiger charge is -2.22. The van der Waals surface area contributed by atoms with E-state index in [0.717, 1.165) is 25.1 Å². The third-order valence-electron chi connectivity index (χ3n) is 5.81. The molecule has 2 aromatic rings. The molecule has 7 heteroatoms. The molecule has 0 aromatic heterocycles. The van der Waals surface area contributed by atoms with Crippen LogP contribution < -0.4 is 16.4 Å². The van der Waals surface area contributed by atoms with Gasteiger partial charge in [0.2, 0.25) is 5.91 Å². The van der Waals surface area contributed by atoms with Crippen LogP contribution in [0.3, 0.4) is 0 Å². The summed E-state index contributed by atoms with van der Waals surface area (Å²) in [5, 5.41) is 6.71. The molecule has 166 valence electrons. The molecule has 1 saturated heterocycles. The van der Waals surface area contributed by atoms with Gasteiger partial charge in [-0.3, -0.25) is 14.7 Å². The molecule has 1 heterocycles. The smallest absolute Gasteiger partial charge is 0.222 e. The third kappa shape index (κ3) is 6.79. The average molecular weight is 426 g/mol. The molecule has 3 rings (SSSR count). The zero-order valence-corrected chi connectivity index (χ0v) is 18.2. The molecule has 1 aliphatic heterocycles. The van der Waals surface area contributed by atoms with Crippen molar-refractivity contribution in [2.45, 2.75) is 38.4 Å². The molecule has 1 amide bonds. The number of hydrogen-bond donors (Lipinski definition) is 3. The van der Waals surface area contributed by atoms with Crippen molar-refractivity contribution >= 4 is 11.9 Å². The minimum Gasteiger partial charge on any atom is -0.369 e. The highest BCUT2D eigenvalue weighted by Crippen LogP contribution is 2.20. The number of halogens is 1. The Labute approximate surface area is 183 Å². The van der Waals surface area contributed by atoms with Gasteiger partial charge in [0.15, 0.2) is 5.96 Å². The number of carbonyl (C=O) groups is 1. The molecule has 6 nitrogen and oxygen atoms in total. The fraction of sp³-hybridized carbons (Fsp3) is 0.417. The Bertz CT molecular complexity index is 871. The zero-order valence-electron chi connectivity index (χ0n) is 18.2. The van der Waals surface area contributed by atoms with Gasteiger partial charge in [0.1, 0.15) is 5.82 Å². The number of guanidine groups is 1. The number of hydrogen-bond acceptors (Lipinski definition) is 3. The Morgan fingerprint density at radius 3 is 2.55 bits per heavy atom. The number of primary amides is 1. The van der Waals surface area contributed by atoms with E-state index in [1.807, 2.05) is 6.07 Å². The van der Waals surface area contributed by atoms with E-state index in [2.05, 4.69) is 51.7 Å². The number of amides is 1. The molecule has 0 radical (unpaired) electrons. The van der Waals surface area contributed by atoms with Crippen molar-refractivity contribution in [3.63, 3.8) is 0 Å². The largest absolute Gasteiger partial charge is 0.369 e. The van der Waals surface area contributed by atoms with Gasteiger partial charge < -0.3 is 16.4 Å². The van der Waals surface area contributed by atoms with Crippen LogP contribution >= 0.6 is 0 Å². The highest BCUT2D eigenvalue weighted by molar-refractivity contribution is 5.82. The van der Waals surface area contributed by atoms with Gasteiger partial charge in [-0.25, -0.2) is 4.39 Å². The van der Waals surface area contributed by atoms with Crippen LogP contribution in [0.2, 0.25) is 0 Å². The van der Waals surface area contributed by atoms with Crippen LogP contribution in [0.25, 0.3) is 0 Å². The summed E-state index contributed by atoms with van der Waals surface area (Å²) >= 11 is 0. The summed E-state index contributed by atoms with van der Waals surface area (Å²) in [6, 6.07) is 17.4. The van der Waals surface area contributed by atoms with Crippen LogP contribution in [0.4, 0.5) is 4.39 Å². The Morgan fingerprint density at radius 2 is 1.90 bits per heavy atom. The van der Waals surface area contributed by atoms with Gasteiger partial charge in [-0.1, -0.05) is 42.5 Å². The van der Waals surface area contributed by atoms with Crippen molar-refractivity contribution in [1.29, 1.82) is 0 Å². The van der Waals surface area contributed by atoms with Crippen LogP contribution in [-0.4, -0.2) is 49.0 Å². The predicted molar refractivity (Wildman–Crippen MR) is 122 cm³/mol. The molecule has 1 fully saturated rings. The van der Waals surface area contributed by atoms with E-state index >= 15 is 0 Å². The molecule has 31 heavy (non-hydrogen) atoms. The molecule has 0 aliphatic carbocycles. The van der Waals surface area contributed by atoms with E-state index in [1.54, 1.807) is 19.2 Å². The van der Waals surface area contributed by atoms with Crippen LogP contribution in [0.5, 0.6) is 0 Å². The average Bonchev–Trinajstić information content (AvgIpc) is 3.10. The van der Waals surface area contributed by atoms with E-state index < -0.39 is 11.8 Å². The summed E-state index contributed by atoms with van der Waals surface area (Å²) in [5.41, 5.74) is 7.77. The van der Waals surface area contributed by atoms with Gasteiger partial charge in [-0.15, -0.1) is 0 Å². The maximum atomic E-state index is 13.1. The molecule has 2 aromatic carbocycles. The fourth-order valence-corrected chi connectivity index (χ4v) is 4.03. The second kappa shape index (κ2) is 10.9. The quantitative estimate of drug-likeness (QED) is 0.448. The Kier molecular flexibility index (Phi) is 8.00. The highest BCUT2D eigenvalue weighted by atomic mass is 19.1. The number of rotatable bonds is 8. The summed E-state index contributed by atoms with van der Waals surface area (Å²) in [7, 11) is 1.72. The van der Waals surface area contributed by atoms with Crippen LogP contribution in [0, 0.1) is 11.7 Å². The molecule has 3 atom stereocenters. The van der Waals surface area contributed by atoms with E-state index in [9.17, 15) is 9.18 Å². The van der Waals surface area contributed by atoms with Crippen molar-refractivity contribution in [1.82, 2.24) is 15.5 Å². The van der Waals surface area contributed by atoms with Crippen molar-refractivity contribution in [2.75, 3.05) is 20.1 Å². The normalized spacial score (nSPS) is 20.4. The van der Waals surface area contributed by atoms with Crippen LogP contribution in [0.15, 0.2) is 59.6 Å². The second-order valence-electron chi connectivity index (χ2n) is 8.22. The van der Waals surface area contributed by atoms with Crippen molar-refractivity contribution in [3.05, 3.63) is 71.5 Å². The standard InChI is InChI=1S/C24H32FN5O/c1-17-12-22(16-30(17)15-19-6-4-3-5-7-19)29-24(27-2)28-14-20(23(26)31)13-18-8-10-21(25)11-9-18/h3-11,17,20,22H,12-16H2,1-2H3,(H2,26,31)(H2,27,28,29). The van der Waals surface area contributed by atoms with E-state index in [-0.39, 0.29) is 11.9 Å². The minimum atomic E-state index is -0.416. The molecule has 0 spiro atoms. The first-order valence-corrected chi connectivity index (χ1v) is 10.7. The first-order valence-electron chi connectivity index (χ1n) is 10.7. The summed E-state index contributed by atoms with van der Waals surface area (Å²) in [4.78, 5) is 18.7. The van der Waals surface area contributed by atoms with Gasteiger partial charge in [0.25, 0.3) is 0 Å². The lowest BCUT2D eigenvalue weighted by molar-refractivity contribution is -0.121. The minimum absolute atomic E-state index is 0.272. The Balaban J connectivity index is 1.51. The maximum Gasteiger partial charge on any atom is 0.222 e. The monoisotopic (exact) mass is 425 g/mol. The first-order chi connectivity index (χ1) is 14.9. The molecule has 3 unspecified atom stereocenters. The summed E-state index contributed by atoms with van der Waals surface area (Å²) in [5.74, 6) is -0.449. The molecule has 0 saturated carbocycles. The number of nitrogens with zero attached hydrogens (tertiary/aromatic N) is 2. The second-order valence-corrected chi connectivity index (χ2v) is 8.22. The number of nitrogens with two attached hydrogens (primary N) is 1. The number of likely N-dealkylation sites (tertiary alicyclic amines) is 1. The lowest BCUT2D eigenvalue weighted by atomic mass is 9.98. The Hall–Kier alpha value is -2.93. The van der Waals surface area contributed by atoms with Crippen LogP contribution in [-0.2, 0) is 17.8 Å². The summed E-state index contributed by atoms with van der Waals surface area (Å²) in [6.45, 7) is 4.45. The third-order valence-corrected chi connectivity index (χ3v) is 5.81. The number of benzene rings is 2. The summed E-state index contributed by atoms with van der Waals surface area (Å²) < 4.78 is 13.1. The van der Waals surface area contributed by atoms with Gasteiger partial charge in [0, 0.05) is 38.8 Å². The van der Waals surface area contributed by atoms with Crippen molar-refractivity contribution in [2.24, 2.45) is 16.6 Å². The molecule has 4 N–H and O–H groups in total. The lowest BCUT2D eigenvalue weighted by Crippen LogP contribution is -2.47. The molecule has 1 aliphatic rings. The number of carbonyl (C=O) groups excluding carboxylic acids is 1. The highest BCUT2D eigenvalue weighted by Gasteiger charge is 2.29. The number of nitrogens with one attached hydrogen (secondary N) is 2. The molecule has 0 bridgehead atoms. The first kappa shape index (κ1) is 22.7. The maximum absolute atomic E-state index is 13.1. The summed E-state index contributed by atoms with van der Waals surface area (Å²) in [6.07, 6.45) is 1.47. The van der Waals surface area contributed by atoms with Crippen molar-refractivity contribution < 1.29 is 9.18 Å². The van der Waals surface area contributed by atoms with Crippen LogP contribution in [0.1, 0.15) is 24.5 Å². The topological polar surface area (TPSA) is 82.7 Å². The molecular formula is C24H32FN5O. The van der Waals surface area contributed by atoms with E-state index in [0.29, 0.717) is 25.0 Å². The van der Waals surface area contributed by atoms with Crippen molar-refractivity contribution in [3.8, 4) is 0 Å². The van der Waals surface area contributed by atoms with Gasteiger partial charge >= 0.3 is 0 Å². The zero-order chi connectivity index (χ0) is 22.2. The van der Waals surface area contributed by atoms with Gasteiger partial charge in [0.05, 0.1) is 5.92 Å². The molecular weight excluding hydrogens is 393 g/mol. The Morgan fingerprint density at radius 1 is 1.19 bits per heavy atom. The fourth-order valence-electron chi connectivity index (χ4n) is 4.03. The number of aliphatic imine (C=N–C) groups is 1.